The maximum Gasteiger partial charge on any atom is 0.511 e. The number of carbonyl (C=O) groups is 2. The number of nitrogens with zero attached hydrogens (tertiary/aromatic N) is 1. The molecule has 0 amide bonds. The number of esters is 1. The number of rotatable bonds is 8. The van der Waals surface area contributed by atoms with Gasteiger partial charge in [0.2, 0.25) is 12.4 Å². The van der Waals surface area contributed by atoms with Crippen LogP contribution in [0, 0.1) is 22.5 Å². The molecule has 1 aromatic rings. The van der Waals surface area contributed by atoms with Crippen molar-refractivity contribution in [2.24, 2.45) is 5.41 Å². The normalized spacial score (nSPS) is 16.4. The molecule has 1 heterocycles. The van der Waals surface area contributed by atoms with Crippen molar-refractivity contribution in [1.29, 1.82) is 0 Å². The zero-order chi connectivity index (χ0) is 25.8. The summed E-state index contributed by atoms with van der Waals surface area (Å²) in [5, 5.41) is 9.26. The molecule has 1 unspecified atom stereocenters. The fourth-order valence-corrected chi connectivity index (χ4v) is 3.38. The number of aryl methyl sites for hydroxylation is 1. The molecule has 2 atom stereocenters. The third kappa shape index (κ3) is 7.50. The van der Waals surface area contributed by atoms with Crippen molar-refractivity contribution in [3.63, 3.8) is 0 Å². The quantitative estimate of drug-likeness (QED) is 0.193. The Hall–Kier alpha value is -3.03. The maximum absolute atomic E-state index is 13.6. The van der Waals surface area contributed by atoms with Crippen LogP contribution in [0.15, 0.2) is 22.2 Å². The minimum Gasteiger partial charge on any atom is -0.475 e. The van der Waals surface area contributed by atoms with Crippen LogP contribution in [-0.4, -0.2) is 49.0 Å². The molecule has 0 radical (unpaired) electrons. The summed E-state index contributed by atoms with van der Waals surface area (Å²) in [6.07, 6.45) is -9.43. The van der Waals surface area contributed by atoms with E-state index in [0.717, 1.165) is 13.0 Å². The summed E-state index contributed by atoms with van der Waals surface area (Å²) in [5.41, 5.74) is -1.13. The maximum atomic E-state index is 13.6. The first-order valence-electron chi connectivity index (χ1n) is 9.66. The Kier molecular flexibility index (Phi) is 8.40. The van der Waals surface area contributed by atoms with Crippen molar-refractivity contribution in [2.45, 2.75) is 46.3 Å². The monoisotopic (exact) mass is 555 g/mol. The predicted octanol–water partition coefficient (Wildman–Crippen LogP) is 4.74. The van der Waals surface area contributed by atoms with Crippen molar-refractivity contribution < 1.29 is 51.6 Å². The van der Waals surface area contributed by atoms with Crippen LogP contribution in [0.3, 0.4) is 0 Å². The summed E-state index contributed by atoms with van der Waals surface area (Å²) in [5.74, 6) is -1.44. The lowest BCUT2D eigenvalue weighted by molar-refractivity contribution is -0.760. The van der Waals surface area contributed by atoms with Gasteiger partial charge in [0.25, 0.3) is 5.09 Å². The molecule has 14 heteroatoms. The Balaban J connectivity index is 2.06. The molecule has 0 bridgehead atoms. The molecule has 0 spiro atoms. The summed E-state index contributed by atoms with van der Waals surface area (Å²) < 4.78 is 60.8. The van der Waals surface area contributed by atoms with Crippen molar-refractivity contribution in [1.82, 2.24) is 0 Å². The fourth-order valence-electron chi connectivity index (χ4n) is 2.79. The summed E-state index contributed by atoms with van der Waals surface area (Å²) in [4.78, 5) is 38.8. The van der Waals surface area contributed by atoms with Crippen LogP contribution in [0.2, 0.25) is 0 Å². The van der Waals surface area contributed by atoms with Gasteiger partial charge in [-0.05, 0) is 30.7 Å². The molecular weight excluding hydrogens is 535 g/mol. The number of benzene rings is 1. The lowest BCUT2D eigenvalue weighted by Crippen LogP contribution is -2.41. The van der Waals surface area contributed by atoms with E-state index in [2.05, 4.69) is 20.8 Å². The summed E-state index contributed by atoms with van der Waals surface area (Å²) in [6.45, 7) is 4.96. The van der Waals surface area contributed by atoms with E-state index in [0.29, 0.717) is 10.0 Å². The molecule has 0 saturated heterocycles. The first-order chi connectivity index (χ1) is 15.6. The standard InChI is InChI=1S/C20H21BrF3NO9/c1-10-5-13(21)6-12-7-14(16(20(22,23)24)34-15(10)12)17(26)32-11(2)33-18(27)30-8-19(3,4)9-31-25(28)29/h5-7,11,16H,8-9H2,1-4H3/t11?,16-/m0/s1. The van der Waals surface area contributed by atoms with E-state index in [1.54, 1.807) is 13.0 Å². The summed E-state index contributed by atoms with van der Waals surface area (Å²) in [6, 6.07) is 3.04. The van der Waals surface area contributed by atoms with Crippen LogP contribution in [-0.2, 0) is 23.8 Å². The first-order valence-corrected chi connectivity index (χ1v) is 10.4. The molecule has 1 aliphatic heterocycles. The number of hydrogen-bond donors (Lipinski definition) is 0. The van der Waals surface area contributed by atoms with E-state index in [1.165, 1.54) is 19.9 Å². The number of ether oxygens (including phenoxy) is 4. The van der Waals surface area contributed by atoms with Gasteiger partial charge in [-0.15, -0.1) is 10.1 Å². The molecule has 1 aliphatic rings. The highest BCUT2D eigenvalue weighted by Crippen LogP contribution is 2.40. The Morgan fingerprint density at radius 3 is 2.47 bits per heavy atom. The molecular formula is C20H21BrF3NO9. The number of carbonyl (C=O) groups excluding carboxylic acids is 2. The van der Waals surface area contributed by atoms with Gasteiger partial charge in [-0.2, -0.15) is 13.2 Å². The second-order valence-electron chi connectivity index (χ2n) is 8.07. The van der Waals surface area contributed by atoms with Crippen LogP contribution in [0.25, 0.3) is 6.08 Å². The van der Waals surface area contributed by atoms with E-state index in [-0.39, 0.29) is 24.5 Å². The van der Waals surface area contributed by atoms with Crippen LogP contribution in [0.1, 0.15) is 31.9 Å². The average Bonchev–Trinajstić information content (AvgIpc) is 2.69. The Morgan fingerprint density at radius 1 is 1.24 bits per heavy atom. The zero-order valence-corrected chi connectivity index (χ0v) is 20.0. The highest BCUT2D eigenvalue weighted by atomic mass is 79.9. The lowest BCUT2D eigenvalue weighted by atomic mass is 9.97. The molecule has 2 rings (SSSR count). The second-order valence-corrected chi connectivity index (χ2v) is 8.99. The Bertz CT molecular complexity index is 994. The van der Waals surface area contributed by atoms with Gasteiger partial charge >= 0.3 is 18.3 Å². The van der Waals surface area contributed by atoms with Crippen LogP contribution < -0.4 is 4.74 Å². The molecule has 10 nitrogen and oxygen atoms in total. The third-order valence-electron chi connectivity index (χ3n) is 4.31. The molecule has 0 N–H and O–H groups in total. The molecule has 0 fully saturated rings. The number of alkyl halides is 3. The van der Waals surface area contributed by atoms with Gasteiger partial charge in [0.05, 0.1) is 5.57 Å². The van der Waals surface area contributed by atoms with Gasteiger partial charge in [-0.25, -0.2) is 9.59 Å². The molecule has 188 valence electrons. The number of halogens is 4. The van der Waals surface area contributed by atoms with E-state index < -0.39 is 46.8 Å². The zero-order valence-electron chi connectivity index (χ0n) is 18.4. The molecule has 1 aromatic carbocycles. The SMILES string of the molecule is Cc1cc(Br)cc2c1O[C@H](C(F)(F)F)C(C(=O)OC(C)OC(=O)OCC(C)(C)CO[N+](=O)[O-])=C2. The predicted molar refractivity (Wildman–Crippen MR) is 112 cm³/mol. The van der Waals surface area contributed by atoms with Crippen LogP contribution >= 0.6 is 15.9 Å². The van der Waals surface area contributed by atoms with Gasteiger partial charge in [-0.3, -0.25) is 0 Å². The fraction of sp³-hybridized carbons (Fsp3) is 0.500. The number of fused-ring (bicyclic) bond motifs is 1. The molecule has 0 aliphatic carbocycles. The van der Waals surface area contributed by atoms with Crippen molar-refractivity contribution in [3.05, 3.63) is 43.4 Å². The van der Waals surface area contributed by atoms with Gasteiger partial charge < -0.3 is 23.8 Å². The summed E-state index contributed by atoms with van der Waals surface area (Å²) in [7, 11) is 0. The highest BCUT2D eigenvalue weighted by Gasteiger charge is 2.49. The van der Waals surface area contributed by atoms with Gasteiger partial charge in [-0.1, -0.05) is 29.8 Å². The summed E-state index contributed by atoms with van der Waals surface area (Å²) >= 11 is 3.23. The van der Waals surface area contributed by atoms with E-state index in [4.69, 9.17) is 18.9 Å². The Morgan fingerprint density at radius 2 is 1.88 bits per heavy atom. The Labute approximate surface area is 200 Å². The molecule has 0 aromatic heterocycles. The van der Waals surface area contributed by atoms with Crippen LogP contribution in [0.5, 0.6) is 5.75 Å². The molecule has 34 heavy (non-hydrogen) atoms. The highest BCUT2D eigenvalue weighted by molar-refractivity contribution is 9.10. The van der Waals surface area contributed by atoms with Gasteiger partial charge in [0.1, 0.15) is 19.0 Å². The van der Waals surface area contributed by atoms with E-state index >= 15 is 0 Å². The van der Waals surface area contributed by atoms with Crippen molar-refractivity contribution >= 4 is 34.1 Å². The van der Waals surface area contributed by atoms with Crippen LogP contribution in [0.4, 0.5) is 18.0 Å². The number of hydrogen-bond acceptors (Lipinski definition) is 9. The first kappa shape index (κ1) is 27.2. The van der Waals surface area contributed by atoms with Gasteiger partial charge in [0, 0.05) is 22.4 Å². The van der Waals surface area contributed by atoms with Crippen molar-refractivity contribution in [3.8, 4) is 5.75 Å². The van der Waals surface area contributed by atoms with E-state index in [1.807, 2.05) is 0 Å². The topological polar surface area (TPSA) is 123 Å². The smallest absolute Gasteiger partial charge is 0.475 e. The minimum absolute atomic E-state index is 0.0291. The lowest BCUT2D eigenvalue weighted by Gasteiger charge is -2.29. The average molecular weight is 556 g/mol. The molecule has 0 saturated carbocycles. The minimum atomic E-state index is -4.93. The van der Waals surface area contributed by atoms with Crippen molar-refractivity contribution in [2.75, 3.05) is 13.2 Å². The van der Waals surface area contributed by atoms with Gasteiger partial charge in [0.15, 0.2) is 0 Å². The second kappa shape index (κ2) is 10.5. The third-order valence-corrected chi connectivity index (χ3v) is 4.76. The largest absolute Gasteiger partial charge is 0.511 e. The van der Waals surface area contributed by atoms with E-state index in [9.17, 15) is 32.9 Å².